The fourth-order valence-electron chi connectivity index (χ4n) is 3.12. The minimum atomic E-state index is -4.55. The largest absolute Gasteiger partial charge is 0.416 e. The molecule has 0 atom stereocenters. The van der Waals surface area contributed by atoms with E-state index in [1.54, 1.807) is 30.3 Å². The van der Waals surface area contributed by atoms with Crippen molar-refractivity contribution in [3.8, 4) is 23.0 Å². The van der Waals surface area contributed by atoms with E-state index in [1.807, 2.05) is 36.4 Å². The van der Waals surface area contributed by atoms with Gasteiger partial charge in [0.15, 0.2) is 0 Å². The molecule has 4 aromatic rings. The molecule has 1 heterocycles. The summed E-state index contributed by atoms with van der Waals surface area (Å²) in [5.41, 5.74) is 1.36. The molecule has 0 aliphatic rings. The van der Waals surface area contributed by atoms with Crippen LogP contribution in [0.15, 0.2) is 84.9 Å². The zero-order chi connectivity index (χ0) is 22.7. The predicted octanol–water partition coefficient (Wildman–Crippen LogP) is 5.68. The molecule has 0 radical (unpaired) electrons. The summed E-state index contributed by atoms with van der Waals surface area (Å²) in [5, 5.41) is 16.2. The van der Waals surface area contributed by atoms with Crippen LogP contribution in [0, 0.1) is 11.3 Å². The molecule has 0 fully saturated rings. The Kier molecular flexibility index (Phi) is 5.48. The van der Waals surface area contributed by atoms with Crippen molar-refractivity contribution in [3.63, 3.8) is 0 Å². The van der Waals surface area contributed by atoms with E-state index in [2.05, 4.69) is 10.4 Å². The summed E-state index contributed by atoms with van der Waals surface area (Å²) in [6.45, 7) is 0. The van der Waals surface area contributed by atoms with Crippen LogP contribution in [0.2, 0.25) is 0 Å². The molecule has 0 unspecified atom stereocenters. The zero-order valence-corrected chi connectivity index (χ0v) is 16.5. The van der Waals surface area contributed by atoms with Crippen LogP contribution in [0.1, 0.15) is 21.5 Å². The summed E-state index contributed by atoms with van der Waals surface area (Å²) in [5.74, 6) is -0.429. The molecule has 32 heavy (non-hydrogen) atoms. The van der Waals surface area contributed by atoms with Gasteiger partial charge in [-0.3, -0.25) is 4.79 Å². The van der Waals surface area contributed by atoms with Gasteiger partial charge in [-0.2, -0.15) is 23.5 Å². The topological polar surface area (TPSA) is 70.7 Å². The number of carbonyl (C=O) groups excluding carboxylic acids is 1. The normalized spacial score (nSPS) is 11.1. The maximum absolute atomic E-state index is 13.0. The van der Waals surface area contributed by atoms with E-state index in [4.69, 9.17) is 5.26 Å². The monoisotopic (exact) mass is 432 g/mol. The number of nitrogens with one attached hydrogen (secondary N) is 1. The molecule has 4 rings (SSSR count). The first-order chi connectivity index (χ1) is 15.3. The number of hydrogen-bond donors (Lipinski definition) is 1. The molecule has 0 saturated heterocycles. The minimum Gasteiger partial charge on any atom is -0.306 e. The Morgan fingerprint density at radius 2 is 1.66 bits per heavy atom. The number of nitrogens with zero attached hydrogens (tertiary/aromatic N) is 3. The lowest BCUT2D eigenvalue weighted by Crippen LogP contribution is -2.16. The lowest BCUT2D eigenvalue weighted by atomic mass is 10.1. The van der Waals surface area contributed by atoms with Gasteiger partial charge in [-0.1, -0.05) is 36.4 Å². The van der Waals surface area contributed by atoms with E-state index < -0.39 is 17.6 Å². The van der Waals surface area contributed by atoms with E-state index in [9.17, 15) is 18.0 Å². The Morgan fingerprint density at radius 3 is 2.31 bits per heavy atom. The van der Waals surface area contributed by atoms with Crippen molar-refractivity contribution in [1.82, 2.24) is 9.78 Å². The van der Waals surface area contributed by atoms with E-state index in [1.165, 1.54) is 16.8 Å². The van der Waals surface area contributed by atoms with Crippen molar-refractivity contribution in [3.05, 3.63) is 102 Å². The van der Waals surface area contributed by atoms with Gasteiger partial charge in [0.1, 0.15) is 5.82 Å². The second-order valence-electron chi connectivity index (χ2n) is 6.88. The Labute approximate surface area is 181 Å². The molecule has 0 spiro atoms. The Hall–Kier alpha value is -4.38. The maximum Gasteiger partial charge on any atom is 0.416 e. The molecule has 0 bridgehead atoms. The van der Waals surface area contributed by atoms with Crippen LogP contribution in [0.25, 0.3) is 16.9 Å². The number of rotatable bonds is 4. The Bertz CT molecular complexity index is 1300. The number of alkyl halides is 3. The second-order valence-corrected chi connectivity index (χ2v) is 6.88. The average molecular weight is 432 g/mol. The van der Waals surface area contributed by atoms with Crippen LogP contribution in [-0.2, 0) is 6.18 Å². The van der Waals surface area contributed by atoms with E-state index in [0.29, 0.717) is 16.9 Å². The Balaban J connectivity index is 1.73. The molecule has 158 valence electrons. The fraction of sp³-hybridized carbons (Fsp3) is 0.0417. The molecule has 1 amide bonds. The van der Waals surface area contributed by atoms with Gasteiger partial charge in [0.25, 0.3) is 5.91 Å². The molecule has 5 nitrogen and oxygen atoms in total. The van der Waals surface area contributed by atoms with Crippen molar-refractivity contribution < 1.29 is 18.0 Å². The van der Waals surface area contributed by atoms with Crippen LogP contribution in [0.4, 0.5) is 19.0 Å². The van der Waals surface area contributed by atoms with Crippen molar-refractivity contribution in [2.75, 3.05) is 5.32 Å². The number of carbonyl (C=O) groups is 1. The summed E-state index contributed by atoms with van der Waals surface area (Å²) in [7, 11) is 0. The summed E-state index contributed by atoms with van der Waals surface area (Å²) >= 11 is 0. The molecule has 0 aliphatic heterocycles. The highest BCUT2D eigenvalue weighted by molar-refractivity contribution is 6.04. The third-order valence-corrected chi connectivity index (χ3v) is 4.71. The number of halogens is 3. The Morgan fingerprint density at radius 1 is 0.938 bits per heavy atom. The zero-order valence-electron chi connectivity index (χ0n) is 16.5. The van der Waals surface area contributed by atoms with Crippen molar-refractivity contribution in [2.45, 2.75) is 6.18 Å². The lowest BCUT2D eigenvalue weighted by Gasteiger charge is -2.11. The molecule has 8 heteroatoms. The van der Waals surface area contributed by atoms with Gasteiger partial charge in [0.2, 0.25) is 0 Å². The molecular formula is C24H15F3N4O. The van der Waals surface area contributed by atoms with Gasteiger partial charge < -0.3 is 5.32 Å². The van der Waals surface area contributed by atoms with E-state index >= 15 is 0 Å². The first kappa shape index (κ1) is 20.9. The number of nitriles is 1. The molecule has 0 aliphatic carbocycles. The van der Waals surface area contributed by atoms with Crippen molar-refractivity contribution in [1.29, 1.82) is 5.26 Å². The standard InChI is InChI=1S/C24H15F3N4O/c25-24(26,27)19-8-4-7-18(13-19)23(32)29-22-14-21(17-5-2-1-3-6-17)30-31(22)20-11-9-16(15-28)10-12-20/h1-14H,(H,29,32). The van der Waals surface area contributed by atoms with Crippen LogP contribution in [0.3, 0.4) is 0 Å². The summed E-state index contributed by atoms with van der Waals surface area (Å²) in [6, 6.07) is 23.7. The molecule has 1 aromatic heterocycles. The smallest absolute Gasteiger partial charge is 0.306 e. The summed E-state index contributed by atoms with van der Waals surface area (Å²) < 4.78 is 40.6. The second kappa shape index (κ2) is 8.40. The lowest BCUT2D eigenvalue weighted by molar-refractivity contribution is -0.137. The number of amides is 1. The highest BCUT2D eigenvalue weighted by atomic mass is 19.4. The highest BCUT2D eigenvalue weighted by Crippen LogP contribution is 2.30. The van der Waals surface area contributed by atoms with Crippen molar-refractivity contribution in [2.24, 2.45) is 0 Å². The van der Waals surface area contributed by atoms with Gasteiger partial charge in [-0.25, -0.2) is 4.68 Å². The van der Waals surface area contributed by atoms with E-state index in [-0.39, 0.29) is 11.4 Å². The predicted molar refractivity (Wildman–Crippen MR) is 113 cm³/mol. The summed E-state index contributed by atoms with van der Waals surface area (Å²) in [4.78, 5) is 12.8. The third-order valence-electron chi connectivity index (χ3n) is 4.71. The first-order valence-corrected chi connectivity index (χ1v) is 9.50. The van der Waals surface area contributed by atoms with Gasteiger partial charge in [-0.05, 0) is 42.5 Å². The van der Waals surface area contributed by atoms with E-state index in [0.717, 1.165) is 17.7 Å². The van der Waals surface area contributed by atoms with Gasteiger partial charge in [-0.15, -0.1) is 0 Å². The maximum atomic E-state index is 13.0. The highest BCUT2D eigenvalue weighted by Gasteiger charge is 2.31. The quantitative estimate of drug-likeness (QED) is 0.451. The molecule has 3 aromatic carbocycles. The summed E-state index contributed by atoms with van der Waals surface area (Å²) in [6.07, 6.45) is -4.55. The van der Waals surface area contributed by atoms with Crippen molar-refractivity contribution >= 4 is 11.7 Å². The number of anilines is 1. The van der Waals surface area contributed by atoms with Crippen LogP contribution < -0.4 is 5.32 Å². The molecular weight excluding hydrogens is 417 g/mol. The minimum absolute atomic E-state index is 0.131. The van der Waals surface area contributed by atoms with Crippen LogP contribution >= 0.6 is 0 Å². The number of benzene rings is 3. The van der Waals surface area contributed by atoms with Gasteiger partial charge >= 0.3 is 6.18 Å². The SMILES string of the molecule is N#Cc1ccc(-n2nc(-c3ccccc3)cc2NC(=O)c2cccc(C(F)(F)F)c2)cc1. The fourth-order valence-corrected chi connectivity index (χ4v) is 3.12. The van der Waals surface area contributed by atoms with Crippen LogP contribution in [0.5, 0.6) is 0 Å². The van der Waals surface area contributed by atoms with Gasteiger partial charge in [0.05, 0.1) is 28.6 Å². The van der Waals surface area contributed by atoms with Crippen LogP contribution in [-0.4, -0.2) is 15.7 Å². The molecule has 0 saturated carbocycles. The van der Waals surface area contributed by atoms with Gasteiger partial charge in [0, 0.05) is 17.2 Å². The average Bonchev–Trinajstić information content (AvgIpc) is 3.23. The first-order valence-electron chi connectivity index (χ1n) is 9.50. The number of hydrogen-bond acceptors (Lipinski definition) is 3. The number of aromatic nitrogens is 2. The molecule has 1 N–H and O–H groups in total. The third kappa shape index (κ3) is 4.37.